The molecule has 0 radical (unpaired) electrons. The largest absolute Gasteiger partial charge is 0.334 e. The fourth-order valence-electron chi connectivity index (χ4n) is 3.49. The minimum Gasteiger partial charge on any atom is -0.334 e. The lowest BCUT2D eigenvalue weighted by Gasteiger charge is -2.12. The summed E-state index contributed by atoms with van der Waals surface area (Å²) in [5.41, 5.74) is 0.319. The van der Waals surface area contributed by atoms with Gasteiger partial charge in [-0.2, -0.15) is 5.26 Å². The Hall–Kier alpha value is -1.68. The Morgan fingerprint density at radius 1 is 1.03 bits per heavy atom. The normalized spacial score (nSPS) is 22.2. The van der Waals surface area contributed by atoms with E-state index in [1.807, 2.05) is 0 Å². The number of nitrogens with zero attached hydrogens (tertiary/aromatic N) is 1. The van der Waals surface area contributed by atoms with Crippen LogP contribution in [0.4, 0.5) is 5.69 Å². The lowest BCUT2D eigenvalue weighted by Crippen LogP contribution is -2.35. The molecule has 2 aromatic carbocycles. The highest BCUT2D eigenvalue weighted by atomic mass is 35.5. The molecule has 160 valence electrons. The highest BCUT2D eigenvalue weighted by Gasteiger charge is 2.67. The van der Waals surface area contributed by atoms with Gasteiger partial charge in [0.2, 0.25) is 5.91 Å². The Labute approximate surface area is 203 Å². The molecule has 0 aromatic heterocycles. The van der Waals surface area contributed by atoms with Crippen LogP contribution in [0.1, 0.15) is 34.7 Å². The molecular formula is C21H14Cl5N3O2. The Balaban J connectivity index is 1.51. The standard InChI is InChI=1S/C21H14Cl5N3O2/c22-11-5-10(6-12(23)7-11)16-17(21(16,25)26)19(31)28-13-1-2-15(24)14(8-13)18(30)29-20(9-27)3-4-20/h1-2,5-8,16-17H,3-4H2,(H,28,31)(H,29,30). The fraction of sp³-hybridized carbons (Fsp3) is 0.286. The zero-order valence-electron chi connectivity index (χ0n) is 15.7. The predicted molar refractivity (Wildman–Crippen MR) is 122 cm³/mol. The first-order valence-corrected chi connectivity index (χ1v) is 11.1. The van der Waals surface area contributed by atoms with E-state index >= 15 is 0 Å². The highest BCUT2D eigenvalue weighted by molar-refractivity contribution is 6.53. The van der Waals surface area contributed by atoms with Gasteiger partial charge in [0.15, 0.2) is 0 Å². The summed E-state index contributed by atoms with van der Waals surface area (Å²) in [6.45, 7) is 0. The molecule has 0 spiro atoms. The molecule has 2 unspecified atom stereocenters. The monoisotopic (exact) mass is 515 g/mol. The average molecular weight is 518 g/mol. The van der Waals surface area contributed by atoms with Crippen molar-refractivity contribution in [1.82, 2.24) is 5.32 Å². The van der Waals surface area contributed by atoms with Crippen molar-refractivity contribution in [2.45, 2.75) is 28.6 Å². The van der Waals surface area contributed by atoms with Gasteiger partial charge in [0.25, 0.3) is 5.91 Å². The maximum atomic E-state index is 12.9. The smallest absolute Gasteiger partial charge is 0.254 e. The van der Waals surface area contributed by atoms with Crippen LogP contribution in [0.25, 0.3) is 0 Å². The highest BCUT2D eigenvalue weighted by Crippen LogP contribution is 2.65. The van der Waals surface area contributed by atoms with Crippen LogP contribution in [0.5, 0.6) is 0 Å². The van der Waals surface area contributed by atoms with Crippen LogP contribution in [-0.2, 0) is 4.79 Å². The van der Waals surface area contributed by atoms with Gasteiger partial charge in [0, 0.05) is 21.7 Å². The number of alkyl halides is 2. The lowest BCUT2D eigenvalue weighted by molar-refractivity contribution is -0.117. The molecule has 4 rings (SSSR count). The van der Waals surface area contributed by atoms with E-state index in [2.05, 4.69) is 16.7 Å². The van der Waals surface area contributed by atoms with Crippen molar-refractivity contribution >= 4 is 75.5 Å². The number of benzene rings is 2. The van der Waals surface area contributed by atoms with E-state index in [9.17, 15) is 9.59 Å². The summed E-state index contributed by atoms with van der Waals surface area (Å²) in [5, 5.41) is 15.6. The molecule has 2 saturated carbocycles. The first kappa shape index (κ1) is 22.5. The van der Waals surface area contributed by atoms with Gasteiger partial charge in [0.1, 0.15) is 9.87 Å². The number of nitriles is 1. The third-order valence-electron chi connectivity index (χ3n) is 5.38. The number of amides is 2. The molecule has 2 fully saturated rings. The van der Waals surface area contributed by atoms with Gasteiger partial charge >= 0.3 is 0 Å². The summed E-state index contributed by atoms with van der Waals surface area (Å²) in [6.07, 6.45) is 1.18. The van der Waals surface area contributed by atoms with Crippen molar-refractivity contribution in [2.24, 2.45) is 5.92 Å². The molecule has 2 N–H and O–H groups in total. The van der Waals surface area contributed by atoms with Gasteiger partial charge in [-0.3, -0.25) is 9.59 Å². The maximum Gasteiger partial charge on any atom is 0.254 e. The van der Waals surface area contributed by atoms with Crippen LogP contribution in [0.15, 0.2) is 36.4 Å². The van der Waals surface area contributed by atoms with E-state index in [4.69, 9.17) is 63.3 Å². The van der Waals surface area contributed by atoms with Gasteiger partial charge in [-0.05, 0) is 54.8 Å². The Morgan fingerprint density at radius 3 is 2.26 bits per heavy atom. The summed E-state index contributed by atoms with van der Waals surface area (Å²) < 4.78 is -1.32. The van der Waals surface area contributed by atoms with E-state index < -0.39 is 33.5 Å². The number of hydrogen-bond acceptors (Lipinski definition) is 3. The third-order valence-corrected chi connectivity index (χ3v) is 7.08. The number of hydrogen-bond donors (Lipinski definition) is 2. The molecule has 0 heterocycles. The van der Waals surface area contributed by atoms with Gasteiger partial charge in [-0.25, -0.2) is 0 Å². The molecule has 0 aliphatic heterocycles. The number of nitrogens with one attached hydrogen (secondary N) is 2. The zero-order valence-corrected chi connectivity index (χ0v) is 19.5. The molecule has 31 heavy (non-hydrogen) atoms. The minimum atomic E-state index is -1.32. The first-order valence-electron chi connectivity index (χ1n) is 9.24. The third kappa shape index (κ3) is 4.46. The van der Waals surface area contributed by atoms with Crippen LogP contribution < -0.4 is 10.6 Å². The summed E-state index contributed by atoms with van der Waals surface area (Å²) in [4.78, 5) is 25.4. The van der Waals surface area contributed by atoms with Crippen LogP contribution in [-0.4, -0.2) is 21.7 Å². The Bertz CT molecular complexity index is 1120. The Kier molecular flexibility index (Phi) is 5.83. The molecule has 0 saturated heterocycles. The number of anilines is 1. The van der Waals surface area contributed by atoms with Gasteiger partial charge < -0.3 is 10.6 Å². The SMILES string of the molecule is N#CC1(NC(=O)c2cc(NC(=O)C3C(c4cc(Cl)cc(Cl)c4)C3(Cl)Cl)ccc2Cl)CC1. The van der Waals surface area contributed by atoms with Crippen molar-refractivity contribution in [1.29, 1.82) is 5.26 Å². The molecule has 10 heteroatoms. The molecule has 5 nitrogen and oxygen atoms in total. The van der Waals surface area contributed by atoms with Crippen molar-refractivity contribution in [3.8, 4) is 6.07 Å². The van der Waals surface area contributed by atoms with Crippen LogP contribution in [0.2, 0.25) is 15.1 Å². The lowest BCUT2D eigenvalue weighted by atomic mass is 10.1. The second-order valence-corrected chi connectivity index (χ2v) is 10.4. The van der Waals surface area contributed by atoms with Crippen molar-refractivity contribution in [2.75, 3.05) is 5.32 Å². The molecule has 2 amide bonds. The quantitative estimate of drug-likeness (QED) is 0.480. The van der Waals surface area contributed by atoms with E-state index in [-0.39, 0.29) is 10.6 Å². The Morgan fingerprint density at radius 2 is 1.68 bits per heavy atom. The second-order valence-electron chi connectivity index (χ2n) is 7.66. The molecular weight excluding hydrogens is 504 g/mol. The molecule has 2 atom stereocenters. The van der Waals surface area contributed by atoms with E-state index in [1.54, 1.807) is 24.3 Å². The fourth-order valence-corrected chi connectivity index (χ4v) is 5.07. The van der Waals surface area contributed by atoms with E-state index in [0.29, 0.717) is 34.1 Å². The maximum absolute atomic E-state index is 12.9. The number of rotatable bonds is 5. The van der Waals surface area contributed by atoms with Crippen molar-refractivity contribution in [3.63, 3.8) is 0 Å². The second kappa shape index (κ2) is 8.03. The zero-order chi connectivity index (χ0) is 22.6. The molecule has 2 aromatic rings. The van der Waals surface area contributed by atoms with Crippen LogP contribution >= 0.6 is 58.0 Å². The topological polar surface area (TPSA) is 82.0 Å². The van der Waals surface area contributed by atoms with E-state index in [0.717, 1.165) is 0 Å². The van der Waals surface area contributed by atoms with Crippen molar-refractivity contribution < 1.29 is 9.59 Å². The first-order chi connectivity index (χ1) is 14.6. The molecule has 0 bridgehead atoms. The molecule has 2 aliphatic carbocycles. The molecule has 2 aliphatic rings. The van der Waals surface area contributed by atoms with Crippen LogP contribution in [0.3, 0.4) is 0 Å². The minimum absolute atomic E-state index is 0.151. The summed E-state index contributed by atoms with van der Waals surface area (Å²) in [6, 6.07) is 11.5. The van der Waals surface area contributed by atoms with Gasteiger partial charge in [0.05, 0.1) is 22.6 Å². The van der Waals surface area contributed by atoms with Gasteiger partial charge in [-0.15, -0.1) is 23.2 Å². The predicted octanol–water partition coefficient (Wildman–Crippen LogP) is 5.96. The van der Waals surface area contributed by atoms with E-state index in [1.165, 1.54) is 12.1 Å². The van der Waals surface area contributed by atoms with Crippen molar-refractivity contribution in [3.05, 3.63) is 62.6 Å². The average Bonchev–Trinajstić information content (AvgIpc) is 3.57. The summed E-state index contributed by atoms with van der Waals surface area (Å²) in [7, 11) is 0. The number of carbonyl (C=O) groups is 2. The summed E-state index contributed by atoms with van der Waals surface area (Å²) >= 11 is 31.0. The van der Waals surface area contributed by atoms with Gasteiger partial charge in [-0.1, -0.05) is 34.8 Å². The number of halogens is 5. The summed E-state index contributed by atoms with van der Waals surface area (Å²) in [5.74, 6) is -2.14. The van der Waals surface area contributed by atoms with Crippen LogP contribution in [0, 0.1) is 17.2 Å². The number of carbonyl (C=O) groups excluding carboxylic acids is 2.